The van der Waals surface area contributed by atoms with Gasteiger partial charge in [0.25, 0.3) is 5.91 Å². The second kappa shape index (κ2) is 7.01. The van der Waals surface area contributed by atoms with Gasteiger partial charge in [0.2, 0.25) is 0 Å². The summed E-state index contributed by atoms with van der Waals surface area (Å²) in [5.74, 6) is 0.0504. The zero-order valence-corrected chi connectivity index (χ0v) is 13.1. The van der Waals surface area contributed by atoms with E-state index in [2.05, 4.69) is 17.1 Å². The van der Waals surface area contributed by atoms with Gasteiger partial charge >= 0.3 is 0 Å². The van der Waals surface area contributed by atoms with E-state index in [9.17, 15) is 4.79 Å². The SMILES string of the molecule is CCCN(Cc1ccccc1)C(=O)c1ccc2cnncc2c1. The number of amides is 1. The van der Waals surface area contributed by atoms with Crippen LogP contribution < -0.4 is 0 Å². The topological polar surface area (TPSA) is 46.1 Å². The molecule has 0 fully saturated rings. The summed E-state index contributed by atoms with van der Waals surface area (Å²) in [5, 5.41) is 9.67. The van der Waals surface area contributed by atoms with Crippen LogP contribution in [0.1, 0.15) is 29.3 Å². The molecular formula is C19H19N3O. The molecule has 0 aliphatic heterocycles. The van der Waals surface area contributed by atoms with Crippen LogP contribution in [0, 0.1) is 0 Å². The van der Waals surface area contributed by atoms with Crippen molar-refractivity contribution < 1.29 is 4.79 Å². The van der Waals surface area contributed by atoms with E-state index in [-0.39, 0.29) is 5.91 Å². The Kier molecular flexibility index (Phi) is 4.62. The molecule has 3 aromatic rings. The summed E-state index contributed by atoms with van der Waals surface area (Å²) in [6.07, 6.45) is 4.32. The van der Waals surface area contributed by atoms with Gasteiger partial charge in [-0.1, -0.05) is 43.3 Å². The molecule has 23 heavy (non-hydrogen) atoms. The zero-order chi connectivity index (χ0) is 16.1. The number of nitrogens with zero attached hydrogens (tertiary/aromatic N) is 3. The van der Waals surface area contributed by atoms with Crippen molar-refractivity contribution in [1.82, 2.24) is 15.1 Å². The molecule has 0 N–H and O–H groups in total. The number of fused-ring (bicyclic) bond motifs is 1. The minimum absolute atomic E-state index is 0.0504. The van der Waals surface area contributed by atoms with Crippen molar-refractivity contribution in [3.8, 4) is 0 Å². The summed E-state index contributed by atoms with van der Waals surface area (Å²) >= 11 is 0. The lowest BCUT2D eigenvalue weighted by molar-refractivity contribution is 0.0743. The lowest BCUT2D eigenvalue weighted by Gasteiger charge is -2.22. The molecular weight excluding hydrogens is 286 g/mol. The lowest BCUT2D eigenvalue weighted by atomic mass is 10.1. The number of carbonyl (C=O) groups excluding carboxylic acids is 1. The molecule has 0 bridgehead atoms. The second-order valence-electron chi connectivity index (χ2n) is 5.55. The fourth-order valence-electron chi connectivity index (χ4n) is 2.64. The van der Waals surface area contributed by atoms with E-state index in [0.717, 1.165) is 29.3 Å². The standard InChI is InChI=1S/C19H19N3O/c1-2-10-22(14-15-6-4-3-5-7-15)19(23)16-8-9-17-12-20-21-13-18(17)11-16/h3-9,11-13H,2,10,14H2,1H3. The van der Waals surface area contributed by atoms with Crippen LogP contribution in [0.25, 0.3) is 10.8 Å². The fraction of sp³-hybridized carbons (Fsp3) is 0.211. The smallest absolute Gasteiger partial charge is 0.254 e. The Morgan fingerprint density at radius 3 is 2.48 bits per heavy atom. The highest BCUT2D eigenvalue weighted by Gasteiger charge is 2.15. The molecule has 1 heterocycles. The number of benzene rings is 2. The maximum Gasteiger partial charge on any atom is 0.254 e. The Morgan fingerprint density at radius 2 is 1.74 bits per heavy atom. The van der Waals surface area contributed by atoms with Gasteiger partial charge in [0.1, 0.15) is 0 Å². The Hall–Kier alpha value is -2.75. The predicted octanol–water partition coefficient (Wildman–Crippen LogP) is 3.68. The van der Waals surface area contributed by atoms with Crippen molar-refractivity contribution in [3.05, 3.63) is 72.1 Å². The molecule has 0 saturated carbocycles. The molecule has 0 atom stereocenters. The Morgan fingerprint density at radius 1 is 1.00 bits per heavy atom. The van der Waals surface area contributed by atoms with Crippen molar-refractivity contribution in [1.29, 1.82) is 0 Å². The fourth-order valence-corrected chi connectivity index (χ4v) is 2.64. The van der Waals surface area contributed by atoms with E-state index in [1.165, 1.54) is 0 Å². The van der Waals surface area contributed by atoms with Crippen molar-refractivity contribution in [3.63, 3.8) is 0 Å². The monoisotopic (exact) mass is 305 g/mol. The molecule has 0 unspecified atom stereocenters. The Balaban J connectivity index is 1.87. The third-order valence-electron chi connectivity index (χ3n) is 3.79. The molecule has 0 radical (unpaired) electrons. The van der Waals surface area contributed by atoms with Crippen molar-refractivity contribution in [2.24, 2.45) is 0 Å². The van der Waals surface area contributed by atoms with Crippen LogP contribution in [-0.2, 0) is 6.54 Å². The first-order chi connectivity index (χ1) is 11.3. The summed E-state index contributed by atoms with van der Waals surface area (Å²) < 4.78 is 0. The molecule has 0 aliphatic carbocycles. The summed E-state index contributed by atoms with van der Waals surface area (Å²) in [5.41, 5.74) is 1.83. The minimum atomic E-state index is 0.0504. The molecule has 0 saturated heterocycles. The van der Waals surface area contributed by atoms with Crippen LogP contribution in [0.5, 0.6) is 0 Å². The average Bonchev–Trinajstić information content (AvgIpc) is 2.61. The van der Waals surface area contributed by atoms with E-state index in [4.69, 9.17) is 0 Å². The number of hydrogen-bond acceptors (Lipinski definition) is 3. The normalized spacial score (nSPS) is 10.7. The molecule has 4 nitrogen and oxygen atoms in total. The van der Waals surface area contributed by atoms with Crippen LogP contribution in [0.15, 0.2) is 60.9 Å². The van der Waals surface area contributed by atoms with Gasteiger partial charge in [0, 0.05) is 29.4 Å². The van der Waals surface area contributed by atoms with Gasteiger partial charge in [-0.3, -0.25) is 4.79 Å². The van der Waals surface area contributed by atoms with E-state index in [1.807, 2.05) is 53.4 Å². The van der Waals surface area contributed by atoms with Crippen molar-refractivity contribution in [2.75, 3.05) is 6.54 Å². The molecule has 4 heteroatoms. The van der Waals surface area contributed by atoms with Crippen LogP contribution in [0.2, 0.25) is 0 Å². The average molecular weight is 305 g/mol. The highest BCUT2D eigenvalue weighted by molar-refractivity contribution is 5.98. The van der Waals surface area contributed by atoms with Crippen LogP contribution in [0.4, 0.5) is 0 Å². The van der Waals surface area contributed by atoms with E-state index >= 15 is 0 Å². The second-order valence-corrected chi connectivity index (χ2v) is 5.55. The highest BCUT2D eigenvalue weighted by Crippen LogP contribution is 2.16. The number of hydrogen-bond donors (Lipinski definition) is 0. The maximum absolute atomic E-state index is 12.9. The summed E-state index contributed by atoms with van der Waals surface area (Å²) in [6, 6.07) is 15.7. The lowest BCUT2D eigenvalue weighted by Crippen LogP contribution is -2.31. The van der Waals surface area contributed by atoms with Crippen LogP contribution >= 0.6 is 0 Å². The van der Waals surface area contributed by atoms with Crippen LogP contribution in [-0.4, -0.2) is 27.5 Å². The molecule has 1 aromatic heterocycles. The molecule has 116 valence electrons. The highest BCUT2D eigenvalue weighted by atomic mass is 16.2. The first-order valence-electron chi connectivity index (χ1n) is 7.81. The first kappa shape index (κ1) is 15.2. The van der Waals surface area contributed by atoms with Gasteiger partial charge in [0.05, 0.1) is 12.4 Å². The number of rotatable bonds is 5. The first-order valence-corrected chi connectivity index (χ1v) is 7.81. The third-order valence-corrected chi connectivity index (χ3v) is 3.79. The molecule has 0 aliphatic rings. The van der Waals surface area contributed by atoms with E-state index in [1.54, 1.807) is 12.4 Å². The van der Waals surface area contributed by atoms with Gasteiger partial charge in [0.15, 0.2) is 0 Å². The van der Waals surface area contributed by atoms with E-state index in [0.29, 0.717) is 12.1 Å². The summed E-state index contributed by atoms with van der Waals surface area (Å²) in [4.78, 5) is 14.8. The van der Waals surface area contributed by atoms with Crippen molar-refractivity contribution >= 4 is 16.7 Å². The number of aromatic nitrogens is 2. The van der Waals surface area contributed by atoms with Gasteiger partial charge < -0.3 is 4.90 Å². The van der Waals surface area contributed by atoms with E-state index < -0.39 is 0 Å². The summed E-state index contributed by atoms with van der Waals surface area (Å²) in [6.45, 7) is 3.45. The van der Waals surface area contributed by atoms with Gasteiger partial charge in [-0.05, 0) is 24.1 Å². The van der Waals surface area contributed by atoms with Gasteiger partial charge in [-0.25, -0.2) is 0 Å². The Labute approximate surface area is 135 Å². The predicted molar refractivity (Wildman–Crippen MR) is 91.0 cm³/mol. The van der Waals surface area contributed by atoms with Gasteiger partial charge in [-0.2, -0.15) is 10.2 Å². The third kappa shape index (κ3) is 3.54. The molecule has 1 amide bonds. The molecule has 0 spiro atoms. The van der Waals surface area contributed by atoms with Gasteiger partial charge in [-0.15, -0.1) is 0 Å². The van der Waals surface area contributed by atoms with Crippen molar-refractivity contribution in [2.45, 2.75) is 19.9 Å². The molecule has 2 aromatic carbocycles. The largest absolute Gasteiger partial charge is 0.334 e. The van der Waals surface area contributed by atoms with Crippen LogP contribution in [0.3, 0.4) is 0 Å². The number of carbonyl (C=O) groups is 1. The minimum Gasteiger partial charge on any atom is -0.334 e. The zero-order valence-electron chi connectivity index (χ0n) is 13.1. The maximum atomic E-state index is 12.9. The Bertz CT molecular complexity index is 802. The molecule has 3 rings (SSSR count). The summed E-state index contributed by atoms with van der Waals surface area (Å²) in [7, 11) is 0. The quantitative estimate of drug-likeness (QED) is 0.722.